The summed E-state index contributed by atoms with van der Waals surface area (Å²) in [5.41, 5.74) is 5.46. The van der Waals surface area contributed by atoms with E-state index in [2.05, 4.69) is 20.7 Å². The van der Waals surface area contributed by atoms with Crippen LogP contribution in [0.3, 0.4) is 0 Å². The van der Waals surface area contributed by atoms with Gasteiger partial charge in [0.25, 0.3) is 0 Å². The first kappa shape index (κ1) is 14.6. The van der Waals surface area contributed by atoms with Crippen LogP contribution < -0.4 is 10.5 Å². The maximum atomic E-state index is 12.0. The van der Waals surface area contributed by atoms with Gasteiger partial charge in [-0.05, 0) is 24.6 Å². The second-order valence-corrected chi connectivity index (χ2v) is 6.54. The molecule has 0 saturated carbocycles. The normalized spacial score (nSPS) is 13.3. The zero-order valence-electron chi connectivity index (χ0n) is 9.18. The molecule has 0 radical (unpaired) electrons. The predicted octanol–water partition coefficient (Wildman–Crippen LogP) is 1.79. The molecular formula is C10H13BrN2O2S2. The van der Waals surface area contributed by atoms with Gasteiger partial charge in [-0.2, -0.15) is 0 Å². The summed E-state index contributed by atoms with van der Waals surface area (Å²) in [6.07, 6.45) is 0.516. The number of rotatable bonds is 5. The lowest BCUT2D eigenvalue weighted by Crippen LogP contribution is -2.42. The lowest BCUT2D eigenvalue weighted by atomic mass is 10.2. The molecule has 3 N–H and O–H groups in total. The van der Waals surface area contributed by atoms with Crippen LogP contribution in [0.15, 0.2) is 33.6 Å². The van der Waals surface area contributed by atoms with Crippen LogP contribution in [0.5, 0.6) is 0 Å². The number of sulfonamides is 1. The first-order chi connectivity index (χ1) is 7.86. The lowest BCUT2D eigenvalue weighted by molar-refractivity contribution is 0.572. The van der Waals surface area contributed by atoms with Crippen molar-refractivity contribution < 1.29 is 8.42 Å². The first-order valence-electron chi connectivity index (χ1n) is 4.94. The summed E-state index contributed by atoms with van der Waals surface area (Å²) in [5.74, 6) is 0. The predicted molar refractivity (Wildman–Crippen MR) is 75.3 cm³/mol. The molecular weight excluding hydrogens is 324 g/mol. The first-order valence-corrected chi connectivity index (χ1v) is 7.62. The zero-order chi connectivity index (χ0) is 13.1. The minimum atomic E-state index is -3.59. The zero-order valence-corrected chi connectivity index (χ0v) is 12.4. The number of benzene rings is 1. The molecule has 0 fully saturated rings. The van der Waals surface area contributed by atoms with Crippen molar-refractivity contribution in [3.8, 4) is 0 Å². The minimum absolute atomic E-state index is 0.145. The van der Waals surface area contributed by atoms with Gasteiger partial charge in [0, 0.05) is 4.47 Å². The molecule has 1 aromatic rings. The monoisotopic (exact) mass is 336 g/mol. The molecule has 0 amide bonds. The van der Waals surface area contributed by atoms with E-state index in [0.29, 0.717) is 10.9 Å². The van der Waals surface area contributed by atoms with Crippen LogP contribution in [0.25, 0.3) is 0 Å². The number of nitrogens with one attached hydrogen (secondary N) is 1. The smallest absolute Gasteiger partial charge is 0.241 e. The Kier molecular flexibility index (Phi) is 5.05. The lowest BCUT2D eigenvalue weighted by Gasteiger charge is -2.15. The summed E-state index contributed by atoms with van der Waals surface area (Å²) in [7, 11) is -3.59. The van der Waals surface area contributed by atoms with Crippen molar-refractivity contribution >= 4 is 43.2 Å². The number of halogens is 1. The van der Waals surface area contributed by atoms with Crippen molar-refractivity contribution in [3.05, 3.63) is 28.7 Å². The summed E-state index contributed by atoms with van der Waals surface area (Å²) in [5, 5.41) is 0. The van der Waals surface area contributed by atoms with Crippen molar-refractivity contribution in [2.75, 3.05) is 0 Å². The molecule has 0 aliphatic carbocycles. The highest BCUT2D eigenvalue weighted by atomic mass is 79.9. The largest absolute Gasteiger partial charge is 0.392 e. The maximum absolute atomic E-state index is 12.0. The maximum Gasteiger partial charge on any atom is 0.241 e. The molecule has 0 saturated heterocycles. The van der Waals surface area contributed by atoms with E-state index in [-0.39, 0.29) is 9.88 Å². The van der Waals surface area contributed by atoms with Gasteiger partial charge in [0.05, 0.1) is 15.9 Å². The number of hydrogen-bond acceptors (Lipinski definition) is 3. The Morgan fingerprint density at radius 1 is 1.59 bits per heavy atom. The highest BCUT2D eigenvalue weighted by molar-refractivity contribution is 9.10. The van der Waals surface area contributed by atoms with E-state index in [0.717, 1.165) is 0 Å². The van der Waals surface area contributed by atoms with E-state index < -0.39 is 16.1 Å². The van der Waals surface area contributed by atoms with Crippen LogP contribution in [0.2, 0.25) is 0 Å². The Hall–Kier alpha value is -0.500. The molecule has 1 unspecified atom stereocenters. The second-order valence-electron chi connectivity index (χ2n) is 3.44. The molecule has 1 aromatic carbocycles. The summed E-state index contributed by atoms with van der Waals surface area (Å²) in [6, 6.07) is 5.92. The van der Waals surface area contributed by atoms with Gasteiger partial charge in [-0.15, -0.1) is 0 Å². The van der Waals surface area contributed by atoms with E-state index >= 15 is 0 Å². The van der Waals surface area contributed by atoms with Gasteiger partial charge in [0.15, 0.2) is 0 Å². The van der Waals surface area contributed by atoms with Gasteiger partial charge in [0.2, 0.25) is 10.0 Å². The van der Waals surface area contributed by atoms with E-state index in [9.17, 15) is 8.42 Å². The molecule has 7 heteroatoms. The second kappa shape index (κ2) is 5.90. The third-order valence-corrected chi connectivity index (χ3v) is 4.40. The Labute approximate surface area is 115 Å². The number of hydrogen-bond donors (Lipinski definition) is 2. The summed E-state index contributed by atoms with van der Waals surface area (Å²) in [4.78, 5) is 0.327. The molecule has 0 spiro atoms. The fraction of sp³-hybridized carbons (Fsp3) is 0.300. The molecule has 0 aliphatic rings. The van der Waals surface area contributed by atoms with Crippen LogP contribution in [0, 0.1) is 0 Å². The summed E-state index contributed by atoms with van der Waals surface area (Å²) < 4.78 is 27.2. The Morgan fingerprint density at radius 2 is 2.24 bits per heavy atom. The van der Waals surface area contributed by atoms with Gasteiger partial charge in [-0.25, -0.2) is 13.1 Å². The van der Waals surface area contributed by atoms with Crippen molar-refractivity contribution in [2.45, 2.75) is 24.3 Å². The summed E-state index contributed by atoms with van der Waals surface area (Å²) in [6.45, 7) is 1.81. The quantitative estimate of drug-likeness (QED) is 0.804. The van der Waals surface area contributed by atoms with Crippen molar-refractivity contribution in [1.29, 1.82) is 0 Å². The van der Waals surface area contributed by atoms with Gasteiger partial charge < -0.3 is 5.73 Å². The van der Waals surface area contributed by atoms with Crippen LogP contribution in [0.1, 0.15) is 13.3 Å². The number of thiocarbonyl (C=S) groups is 1. The van der Waals surface area contributed by atoms with Crippen molar-refractivity contribution in [1.82, 2.24) is 4.72 Å². The van der Waals surface area contributed by atoms with Crippen LogP contribution in [0.4, 0.5) is 0 Å². The molecule has 0 heterocycles. The average Bonchev–Trinajstić information content (AvgIpc) is 2.25. The average molecular weight is 337 g/mol. The minimum Gasteiger partial charge on any atom is -0.392 e. The summed E-state index contributed by atoms with van der Waals surface area (Å²) >= 11 is 8.03. The molecule has 0 aromatic heterocycles. The fourth-order valence-electron chi connectivity index (χ4n) is 1.23. The van der Waals surface area contributed by atoms with Gasteiger partial charge in [-0.1, -0.05) is 41.1 Å². The molecule has 94 valence electrons. The molecule has 0 aliphatic heterocycles. The fourth-order valence-corrected chi connectivity index (χ4v) is 3.43. The van der Waals surface area contributed by atoms with E-state index in [4.69, 9.17) is 18.0 Å². The van der Waals surface area contributed by atoms with Gasteiger partial charge in [-0.3, -0.25) is 0 Å². The molecule has 4 nitrogen and oxygen atoms in total. The SMILES string of the molecule is CCC(NS(=O)(=O)c1cccc(Br)c1)C(N)=S. The van der Waals surface area contributed by atoms with E-state index in [1.165, 1.54) is 12.1 Å². The van der Waals surface area contributed by atoms with Gasteiger partial charge >= 0.3 is 0 Å². The van der Waals surface area contributed by atoms with E-state index in [1.807, 2.05) is 6.92 Å². The highest BCUT2D eigenvalue weighted by Gasteiger charge is 2.20. The van der Waals surface area contributed by atoms with E-state index in [1.54, 1.807) is 12.1 Å². The molecule has 1 atom stereocenters. The van der Waals surface area contributed by atoms with Crippen LogP contribution >= 0.6 is 28.1 Å². The standard InChI is InChI=1S/C10H13BrN2O2S2/c1-2-9(10(12)16)13-17(14,15)8-5-3-4-7(11)6-8/h3-6,9,13H,2H2,1H3,(H2,12,16). The van der Waals surface area contributed by atoms with Crippen molar-refractivity contribution in [2.24, 2.45) is 5.73 Å². The van der Waals surface area contributed by atoms with Gasteiger partial charge in [0.1, 0.15) is 0 Å². The number of nitrogens with two attached hydrogens (primary N) is 1. The third-order valence-electron chi connectivity index (χ3n) is 2.16. The topological polar surface area (TPSA) is 72.2 Å². The molecule has 0 bridgehead atoms. The van der Waals surface area contributed by atoms with Crippen molar-refractivity contribution in [3.63, 3.8) is 0 Å². The van der Waals surface area contributed by atoms with Crippen LogP contribution in [-0.2, 0) is 10.0 Å². The molecule has 17 heavy (non-hydrogen) atoms. The Morgan fingerprint density at radius 3 is 2.71 bits per heavy atom. The Balaban J connectivity index is 3.00. The highest BCUT2D eigenvalue weighted by Crippen LogP contribution is 2.16. The Bertz CT molecular complexity index is 517. The molecule has 1 rings (SSSR count). The third kappa shape index (κ3) is 4.02. The van der Waals surface area contributed by atoms with Crippen LogP contribution in [-0.4, -0.2) is 19.4 Å².